The summed E-state index contributed by atoms with van der Waals surface area (Å²) >= 11 is 0. The molecule has 0 fully saturated rings. The van der Waals surface area contributed by atoms with Crippen molar-refractivity contribution in [2.24, 2.45) is 0 Å². The highest BCUT2D eigenvalue weighted by Crippen LogP contribution is 2.17. The van der Waals surface area contributed by atoms with Gasteiger partial charge in [-0.2, -0.15) is 4.98 Å². The quantitative estimate of drug-likeness (QED) is 0.752. The molecule has 0 bridgehead atoms. The first-order valence-electron chi connectivity index (χ1n) is 4.61. The fourth-order valence-electron chi connectivity index (χ4n) is 1.21. The molecule has 0 saturated carbocycles. The molecule has 1 N–H and O–H groups in total. The fourth-order valence-corrected chi connectivity index (χ4v) is 1.21. The predicted molar refractivity (Wildman–Crippen MR) is 57.3 cm³/mol. The zero-order valence-electron chi connectivity index (χ0n) is 8.03. The number of hydrogen-bond donors (Lipinski definition) is 1. The highest BCUT2D eigenvalue weighted by atomic mass is 16.4. The third-order valence-electron chi connectivity index (χ3n) is 1.90. The zero-order chi connectivity index (χ0) is 9.80. The molecule has 2 rings (SSSR count). The smallest absolute Gasteiger partial charge is 0.295 e. The summed E-state index contributed by atoms with van der Waals surface area (Å²) in [6.45, 7) is 2.72. The summed E-state index contributed by atoms with van der Waals surface area (Å²) in [6, 6.07) is 8.29. The van der Waals surface area contributed by atoms with Gasteiger partial charge in [0.2, 0.25) is 0 Å². The normalized spacial score (nSPS) is 11.2. The van der Waals surface area contributed by atoms with E-state index in [4.69, 9.17) is 4.42 Å². The summed E-state index contributed by atoms with van der Waals surface area (Å²) in [5.74, 6) is 0. The van der Waals surface area contributed by atoms with E-state index in [1.165, 1.54) is 0 Å². The van der Waals surface area contributed by atoms with Gasteiger partial charge in [0, 0.05) is 6.54 Å². The first-order chi connectivity index (χ1) is 6.90. The second kappa shape index (κ2) is 3.96. The van der Waals surface area contributed by atoms with Gasteiger partial charge in [-0.25, -0.2) is 0 Å². The molecule has 0 unspecified atom stereocenters. The third-order valence-corrected chi connectivity index (χ3v) is 1.90. The fraction of sp³-hybridized carbons (Fsp3) is 0.182. The molecule has 72 valence electrons. The summed E-state index contributed by atoms with van der Waals surface area (Å²) in [7, 11) is 0. The zero-order valence-corrected chi connectivity index (χ0v) is 8.03. The van der Waals surface area contributed by atoms with Crippen LogP contribution in [-0.2, 0) is 0 Å². The number of benzene rings is 1. The number of para-hydroxylation sites is 2. The number of nitrogens with zero attached hydrogens (tertiary/aromatic N) is 1. The van der Waals surface area contributed by atoms with Crippen molar-refractivity contribution in [1.29, 1.82) is 0 Å². The molecule has 0 spiro atoms. The first kappa shape index (κ1) is 8.81. The standard InChI is InChI=1S/C11H12N2O/c1-2-3-8-12-11-13-9-6-4-5-7-10(9)14-11/h2-7H,8H2,1H3,(H,12,13)/b3-2+. The van der Waals surface area contributed by atoms with E-state index in [2.05, 4.69) is 10.3 Å². The van der Waals surface area contributed by atoms with Gasteiger partial charge in [-0.3, -0.25) is 0 Å². The van der Waals surface area contributed by atoms with Crippen molar-refractivity contribution in [3.05, 3.63) is 36.4 Å². The van der Waals surface area contributed by atoms with Crippen LogP contribution in [0.5, 0.6) is 0 Å². The molecule has 1 heterocycles. The predicted octanol–water partition coefficient (Wildman–Crippen LogP) is 2.82. The molecular weight excluding hydrogens is 176 g/mol. The maximum Gasteiger partial charge on any atom is 0.295 e. The lowest BCUT2D eigenvalue weighted by Gasteiger charge is -1.93. The van der Waals surface area contributed by atoms with Gasteiger partial charge in [0.1, 0.15) is 5.52 Å². The van der Waals surface area contributed by atoms with E-state index in [0.717, 1.165) is 17.6 Å². The molecule has 3 nitrogen and oxygen atoms in total. The molecule has 0 aliphatic carbocycles. The van der Waals surface area contributed by atoms with Crippen molar-refractivity contribution in [1.82, 2.24) is 4.98 Å². The molecule has 14 heavy (non-hydrogen) atoms. The van der Waals surface area contributed by atoms with Crippen LogP contribution in [-0.4, -0.2) is 11.5 Å². The molecule has 0 radical (unpaired) electrons. The van der Waals surface area contributed by atoms with Crippen molar-refractivity contribution in [3.8, 4) is 0 Å². The van der Waals surface area contributed by atoms with Crippen LogP contribution in [0.1, 0.15) is 6.92 Å². The molecule has 0 atom stereocenters. The van der Waals surface area contributed by atoms with Gasteiger partial charge in [-0.1, -0.05) is 24.3 Å². The van der Waals surface area contributed by atoms with Gasteiger partial charge in [0.15, 0.2) is 5.58 Å². The molecule has 2 aromatic rings. The molecule has 1 aromatic carbocycles. The number of hydrogen-bond acceptors (Lipinski definition) is 3. The number of oxazole rings is 1. The third kappa shape index (κ3) is 1.76. The van der Waals surface area contributed by atoms with E-state index in [1.54, 1.807) is 0 Å². The summed E-state index contributed by atoms with van der Waals surface area (Å²) in [6.07, 6.45) is 3.99. The number of anilines is 1. The van der Waals surface area contributed by atoms with Crippen LogP contribution in [0.15, 0.2) is 40.8 Å². The highest BCUT2D eigenvalue weighted by molar-refractivity contribution is 5.74. The Bertz CT molecular complexity index is 412. The van der Waals surface area contributed by atoms with Crippen LogP contribution < -0.4 is 5.32 Å². The molecule has 1 aromatic heterocycles. The monoisotopic (exact) mass is 188 g/mol. The maximum atomic E-state index is 5.46. The number of fused-ring (bicyclic) bond motifs is 1. The van der Waals surface area contributed by atoms with Crippen molar-refractivity contribution >= 4 is 17.1 Å². The minimum absolute atomic E-state index is 0.573. The molecule has 0 amide bonds. The van der Waals surface area contributed by atoms with Gasteiger partial charge in [-0.05, 0) is 19.1 Å². The van der Waals surface area contributed by atoms with Crippen LogP contribution in [0, 0.1) is 0 Å². The minimum Gasteiger partial charge on any atom is -0.424 e. The summed E-state index contributed by atoms with van der Waals surface area (Å²) in [4.78, 5) is 4.27. The Morgan fingerprint density at radius 3 is 3.07 bits per heavy atom. The van der Waals surface area contributed by atoms with E-state index < -0.39 is 0 Å². The average molecular weight is 188 g/mol. The number of allylic oxidation sites excluding steroid dienone is 1. The minimum atomic E-state index is 0.573. The Balaban J connectivity index is 2.18. The van der Waals surface area contributed by atoms with Crippen molar-refractivity contribution in [3.63, 3.8) is 0 Å². The second-order valence-electron chi connectivity index (χ2n) is 2.94. The van der Waals surface area contributed by atoms with Crippen molar-refractivity contribution in [2.75, 3.05) is 11.9 Å². The summed E-state index contributed by atoms with van der Waals surface area (Å²) in [5, 5.41) is 3.07. The van der Waals surface area contributed by atoms with Crippen LogP contribution in [0.2, 0.25) is 0 Å². The Hall–Kier alpha value is -1.77. The van der Waals surface area contributed by atoms with Crippen LogP contribution in [0.3, 0.4) is 0 Å². The van der Waals surface area contributed by atoms with Gasteiger partial charge >= 0.3 is 0 Å². The Kier molecular flexibility index (Phi) is 2.49. The molecule has 0 saturated heterocycles. The lowest BCUT2D eigenvalue weighted by atomic mass is 10.3. The Labute approximate surface area is 82.4 Å². The van der Waals surface area contributed by atoms with Gasteiger partial charge in [-0.15, -0.1) is 0 Å². The van der Waals surface area contributed by atoms with Crippen LogP contribution in [0.4, 0.5) is 6.01 Å². The van der Waals surface area contributed by atoms with E-state index in [0.29, 0.717) is 6.01 Å². The van der Waals surface area contributed by atoms with E-state index >= 15 is 0 Å². The number of nitrogens with one attached hydrogen (secondary N) is 1. The largest absolute Gasteiger partial charge is 0.424 e. The molecular formula is C11H12N2O. The maximum absolute atomic E-state index is 5.46. The highest BCUT2D eigenvalue weighted by Gasteiger charge is 2.01. The SMILES string of the molecule is C/C=C/CNc1nc2ccccc2o1. The Morgan fingerprint density at radius 1 is 1.43 bits per heavy atom. The van der Waals surface area contributed by atoms with Gasteiger partial charge < -0.3 is 9.73 Å². The van der Waals surface area contributed by atoms with E-state index in [9.17, 15) is 0 Å². The molecule has 3 heteroatoms. The Morgan fingerprint density at radius 2 is 2.29 bits per heavy atom. The second-order valence-corrected chi connectivity index (χ2v) is 2.94. The lowest BCUT2D eigenvalue weighted by molar-refractivity contribution is 0.618. The summed E-state index contributed by atoms with van der Waals surface area (Å²) < 4.78 is 5.46. The van der Waals surface area contributed by atoms with E-state index in [1.807, 2.05) is 43.3 Å². The average Bonchev–Trinajstić information content (AvgIpc) is 2.60. The van der Waals surface area contributed by atoms with Crippen LogP contribution in [0.25, 0.3) is 11.1 Å². The van der Waals surface area contributed by atoms with E-state index in [-0.39, 0.29) is 0 Å². The molecule has 0 aliphatic heterocycles. The first-order valence-corrected chi connectivity index (χ1v) is 4.61. The van der Waals surface area contributed by atoms with Crippen molar-refractivity contribution in [2.45, 2.75) is 6.92 Å². The summed E-state index contributed by atoms with van der Waals surface area (Å²) in [5.41, 5.74) is 1.70. The van der Waals surface area contributed by atoms with Gasteiger partial charge in [0.05, 0.1) is 0 Å². The lowest BCUT2D eigenvalue weighted by Crippen LogP contribution is -1.97. The molecule has 0 aliphatic rings. The number of aromatic nitrogens is 1. The van der Waals surface area contributed by atoms with Crippen molar-refractivity contribution < 1.29 is 4.42 Å². The number of rotatable bonds is 3. The topological polar surface area (TPSA) is 38.1 Å². The van der Waals surface area contributed by atoms with Crippen LogP contribution >= 0.6 is 0 Å². The van der Waals surface area contributed by atoms with Gasteiger partial charge in [0.25, 0.3) is 6.01 Å².